The molecule has 1 aromatic carbocycles. The third-order valence-electron chi connectivity index (χ3n) is 3.12. The Morgan fingerprint density at radius 2 is 2.22 bits per heavy atom. The Bertz CT molecular complexity index is 619. The van der Waals surface area contributed by atoms with Crippen LogP contribution in [-0.4, -0.2) is 21.7 Å². The zero-order valence-corrected chi connectivity index (χ0v) is 11.9. The zero-order valence-electron chi connectivity index (χ0n) is 10.3. The maximum Gasteiger partial charge on any atom is 0.320 e. The first-order chi connectivity index (χ1) is 8.41. The van der Waals surface area contributed by atoms with Crippen LogP contribution in [0.4, 0.5) is 0 Å². The maximum absolute atomic E-state index is 10.9. The summed E-state index contributed by atoms with van der Waals surface area (Å²) in [4.78, 5) is 10.9. The zero-order chi connectivity index (χ0) is 13.4. The predicted molar refractivity (Wildman–Crippen MR) is 74.7 cm³/mol. The van der Waals surface area contributed by atoms with Gasteiger partial charge in [-0.15, -0.1) is 0 Å². The molecule has 0 saturated heterocycles. The van der Waals surface area contributed by atoms with Gasteiger partial charge in [0.05, 0.1) is 4.60 Å². The average molecular weight is 311 g/mol. The number of benzene rings is 1. The molecule has 4 nitrogen and oxygen atoms in total. The van der Waals surface area contributed by atoms with Gasteiger partial charge in [0, 0.05) is 24.4 Å². The molecule has 1 heterocycles. The lowest BCUT2D eigenvalue weighted by Gasteiger charge is -2.06. The Hall–Kier alpha value is -1.33. The van der Waals surface area contributed by atoms with Crippen LogP contribution in [-0.2, 0) is 18.3 Å². The summed E-state index contributed by atoms with van der Waals surface area (Å²) in [5.74, 6) is -0.980. The minimum atomic E-state index is -0.980. The van der Waals surface area contributed by atoms with E-state index >= 15 is 0 Å². The Morgan fingerprint density at radius 1 is 1.56 bits per heavy atom. The molecular formula is C13H15BrN2O2. The van der Waals surface area contributed by atoms with Gasteiger partial charge in [-0.2, -0.15) is 0 Å². The number of nitrogens with zero attached hydrogens (tertiary/aromatic N) is 1. The normalized spacial score (nSPS) is 12.9. The first-order valence-corrected chi connectivity index (χ1v) is 6.43. The van der Waals surface area contributed by atoms with Crippen molar-refractivity contribution >= 4 is 32.8 Å². The van der Waals surface area contributed by atoms with Gasteiger partial charge in [0.15, 0.2) is 0 Å². The number of hydrogen-bond donors (Lipinski definition) is 2. The van der Waals surface area contributed by atoms with Crippen molar-refractivity contribution in [2.45, 2.75) is 19.4 Å². The van der Waals surface area contributed by atoms with Crippen molar-refractivity contribution in [3.05, 3.63) is 33.9 Å². The van der Waals surface area contributed by atoms with Crippen LogP contribution < -0.4 is 5.73 Å². The highest BCUT2D eigenvalue weighted by atomic mass is 79.9. The van der Waals surface area contributed by atoms with Gasteiger partial charge in [0.25, 0.3) is 0 Å². The number of rotatable bonds is 3. The lowest BCUT2D eigenvalue weighted by atomic mass is 10.0. The second-order valence-electron chi connectivity index (χ2n) is 4.50. The van der Waals surface area contributed by atoms with Crippen LogP contribution in [0.3, 0.4) is 0 Å². The number of hydrogen-bond acceptors (Lipinski definition) is 2. The number of carboxylic acids is 1. The summed E-state index contributed by atoms with van der Waals surface area (Å²) in [6, 6.07) is 5.25. The molecule has 1 aromatic heterocycles. The van der Waals surface area contributed by atoms with Gasteiger partial charge in [-0.05, 0) is 40.5 Å². The van der Waals surface area contributed by atoms with Crippen LogP contribution in [0.25, 0.3) is 10.9 Å². The monoisotopic (exact) mass is 310 g/mol. The van der Waals surface area contributed by atoms with Crippen LogP contribution in [0.2, 0.25) is 0 Å². The van der Waals surface area contributed by atoms with Crippen LogP contribution in [0, 0.1) is 6.92 Å². The molecule has 0 amide bonds. The Balaban J connectivity index is 2.58. The van der Waals surface area contributed by atoms with Crippen LogP contribution in [0.5, 0.6) is 0 Å². The number of carboxylic acid groups (broad SMARTS) is 1. The first kappa shape index (κ1) is 13.1. The minimum absolute atomic E-state index is 0.316. The second kappa shape index (κ2) is 4.74. The summed E-state index contributed by atoms with van der Waals surface area (Å²) < 4.78 is 2.89. The van der Waals surface area contributed by atoms with Crippen LogP contribution in [0.15, 0.2) is 22.8 Å². The number of aliphatic carboxylic acids is 1. The van der Waals surface area contributed by atoms with Gasteiger partial charge in [0.2, 0.25) is 0 Å². The largest absolute Gasteiger partial charge is 0.480 e. The van der Waals surface area contributed by atoms with Crippen molar-refractivity contribution in [1.29, 1.82) is 0 Å². The molecule has 18 heavy (non-hydrogen) atoms. The number of aromatic nitrogens is 1. The lowest BCUT2D eigenvalue weighted by Crippen LogP contribution is -2.32. The molecule has 0 saturated carbocycles. The van der Waals surface area contributed by atoms with Crippen molar-refractivity contribution in [2.24, 2.45) is 12.8 Å². The van der Waals surface area contributed by atoms with E-state index in [1.165, 1.54) is 0 Å². The molecule has 0 aliphatic carbocycles. The van der Waals surface area contributed by atoms with E-state index in [0.29, 0.717) is 6.42 Å². The first-order valence-electron chi connectivity index (χ1n) is 5.63. The highest BCUT2D eigenvalue weighted by Gasteiger charge is 2.19. The van der Waals surface area contributed by atoms with Gasteiger partial charge in [-0.1, -0.05) is 11.6 Å². The number of nitrogens with two attached hydrogens (primary N) is 1. The highest BCUT2D eigenvalue weighted by molar-refractivity contribution is 9.10. The standard InChI is InChI=1S/C13H15BrN2O2/c1-7-3-4-11-8(5-7)9(12(14)16(11)2)6-10(15)13(17)18/h3-5,10H,6,15H2,1-2H3,(H,17,18). The fourth-order valence-corrected chi connectivity index (χ4v) is 2.67. The van der Waals surface area contributed by atoms with Crippen molar-refractivity contribution in [2.75, 3.05) is 0 Å². The van der Waals surface area contributed by atoms with Gasteiger partial charge in [-0.3, -0.25) is 4.79 Å². The van der Waals surface area contributed by atoms with Crippen molar-refractivity contribution in [3.63, 3.8) is 0 Å². The van der Waals surface area contributed by atoms with E-state index in [9.17, 15) is 4.79 Å². The van der Waals surface area contributed by atoms with E-state index < -0.39 is 12.0 Å². The van der Waals surface area contributed by atoms with Crippen molar-refractivity contribution in [3.8, 4) is 0 Å². The molecule has 0 radical (unpaired) electrons. The Labute approximate surface area is 114 Å². The number of aryl methyl sites for hydroxylation is 2. The summed E-state index contributed by atoms with van der Waals surface area (Å²) in [5, 5.41) is 9.98. The fraction of sp³-hybridized carbons (Fsp3) is 0.308. The lowest BCUT2D eigenvalue weighted by molar-refractivity contribution is -0.138. The van der Waals surface area contributed by atoms with E-state index in [1.54, 1.807) is 0 Å². The van der Waals surface area contributed by atoms with Gasteiger partial charge < -0.3 is 15.4 Å². The molecule has 2 rings (SSSR count). The Kier molecular flexibility index (Phi) is 3.45. The smallest absolute Gasteiger partial charge is 0.320 e. The third kappa shape index (κ3) is 2.15. The second-order valence-corrected chi connectivity index (χ2v) is 5.25. The molecular weight excluding hydrogens is 296 g/mol. The number of carbonyl (C=O) groups is 1. The molecule has 0 bridgehead atoms. The van der Waals surface area contributed by atoms with Crippen molar-refractivity contribution < 1.29 is 9.90 Å². The van der Waals surface area contributed by atoms with Gasteiger partial charge in [-0.25, -0.2) is 0 Å². The number of halogens is 1. The molecule has 0 fully saturated rings. The van der Waals surface area contributed by atoms with Crippen LogP contribution in [0.1, 0.15) is 11.1 Å². The Morgan fingerprint density at radius 3 is 2.83 bits per heavy atom. The van der Waals surface area contributed by atoms with E-state index in [2.05, 4.69) is 22.0 Å². The average Bonchev–Trinajstić information content (AvgIpc) is 2.54. The molecule has 3 N–H and O–H groups in total. The third-order valence-corrected chi connectivity index (χ3v) is 4.13. The van der Waals surface area contributed by atoms with E-state index in [-0.39, 0.29) is 0 Å². The topological polar surface area (TPSA) is 68.2 Å². The molecule has 0 aliphatic heterocycles. The predicted octanol–water partition coefficient (Wildman–Crippen LogP) is 2.20. The summed E-state index contributed by atoms with van der Waals surface area (Å²) in [5.41, 5.74) is 8.79. The minimum Gasteiger partial charge on any atom is -0.480 e. The van der Waals surface area contributed by atoms with Gasteiger partial charge >= 0.3 is 5.97 Å². The number of fused-ring (bicyclic) bond motifs is 1. The van der Waals surface area contributed by atoms with E-state index in [0.717, 1.165) is 26.6 Å². The molecule has 5 heteroatoms. The molecule has 2 aromatic rings. The maximum atomic E-state index is 10.9. The molecule has 0 spiro atoms. The van der Waals surface area contributed by atoms with E-state index in [1.807, 2.05) is 30.7 Å². The molecule has 96 valence electrons. The van der Waals surface area contributed by atoms with Gasteiger partial charge in [0.1, 0.15) is 6.04 Å². The molecule has 1 unspecified atom stereocenters. The quantitative estimate of drug-likeness (QED) is 0.913. The fourth-order valence-electron chi connectivity index (χ4n) is 2.10. The van der Waals surface area contributed by atoms with E-state index in [4.69, 9.17) is 10.8 Å². The van der Waals surface area contributed by atoms with Crippen molar-refractivity contribution in [1.82, 2.24) is 4.57 Å². The highest BCUT2D eigenvalue weighted by Crippen LogP contribution is 2.31. The molecule has 1 atom stereocenters. The summed E-state index contributed by atoms with van der Waals surface area (Å²) in [6.45, 7) is 2.02. The summed E-state index contributed by atoms with van der Waals surface area (Å²) in [6.07, 6.45) is 0.316. The summed E-state index contributed by atoms with van der Waals surface area (Å²) in [7, 11) is 1.94. The summed E-state index contributed by atoms with van der Waals surface area (Å²) >= 11 is 3.51. The SMILES string of the molecule is Cc1ccc2c(c1)c(CC(N)C(=O)O)c(Br)n2C. The van der Waals surface area contributed by atoms with Crippen LogP contribution >= 0.6 is 15.9 Å². The molecule has 0 aliphatic rings.